The van der Waals surface area contributed by atoms with E-state index in [9.17, 15) is 13.2 Å². The predicted octanol–water partition coefficient (Wildman–Crippen LogP) is 2.27. The molecule has 1 amide bonds. The van der Waals surface area contributed by atoms with Gasteiger partial charge in [-0.2, -0.15) is 11.8 Å². The van der Waals surface area contributed by atoms with Gasteiger partial charge in [-0.15, -0.1) is 0 Å². The molecule has 1 unspecified atom stereocenters. The molecule has 3 N–H and O–H groups in total. The van der Waals surface area contributed by atoms with E-state index in [1.165, 1.54) is 0 Å². The number of carbonyl (C=O) groups excluding carboxylic acids is 1. The van der Waals surface area contributed by atoms with Crippen LogP contribution in [0.3, 0.4) is 0 Å². The van der Waals surface area contributed by atoms with Gasteiger partial charge in [0.25, 0.3) is 0 Å². The summed E-state index contributed by atoms with van der Waals surface area (Å²) in [6.45, 7) is -0.0764. The second-order valence-corrected chi connectivity index (χ2v) is 8.95. The Kier molecular flexibility index (Phi) is 5.31. The summed E-state index contributed by atoms with van der Waals surface area (Å²) in [5, 5.41) is 2.87. The maximum absolute atomic E-state index is 12.2. The Morgan fingerprint density at radius 1 is 1.12 bits per heavy atom. The Bertz CT molecular complexity index is 845. The molecule has 1 atom stereocenters. The second kappa shape index (κ2) is 7.47. The summed E-state index contributed by atoms with van der Waals surface area (Å²) in [6, 6.07) is 13.2. The van der Waals surface area contributed by atoms with E-state index in [2.05, 4.69) is 5.32 Å². The molecule has 1 aliphatic rings. The van der Waals surface area contributed by atoms with Crippen molar-refractivity contribution in [1.82, 2.24) is 0 Å². The van der Waals surface area contributed by atoms with Gasteiger partial charge in [0.2, 0.25) is 5.91 Å². The van der Waals surface area contributed by atoms with Crippen LogP contribution in [0.5, 0.6) is 11.5 Å². The molecule has 0 aliphatic carbocycles. The molecule has 2 aromatic rings. The number of nitrogens with one attached hydrogen (secondary N) is 1. The average molecular weight is 378 g/mol. The lowest BCUT2D eigenvalue weighted by molar-refractivity contribution is -0.114. The van der Waals surface area contributed by atoms with Gasteiger partial charge < -0.3 is 15.8 Å². The number of amides is 1. The van der Waals surface area contributed by atoms with Gasteiger partial charge in [-0.25, -0.2) is 8.42 Å². The third-order valence-electron chi connectivity index (χ3n) is 3.55. The fraction of sp³-hybridized carbons (Fsp3) is 0.235. The molecule has 132 valence electrons. The average Bonchev–Trinajstić information content (AvgIpc) is 3.40. The Morgan fingerprint density at radius 2 is 1.68 bits per heavy atom. The number of rotatable bonds is 7. The number of hydrogen-bond donors (Lipinski definition) is 2. The van der Waals surface area contributed by atoms with Crippen LogP contribution in [-0.2, 0) is 14.6 Å². The lowest BCUT2D eigenvalue weighted by Crippen LogP contribution is -2.21. The van der Waals surface area contributed by atoms with Gasteiger partial charge in [0.1, 0.15) is 11.5 Å². The van der Waals surface area contributed by atoms with Gasteiger partial charge in [-0.1, -0.05) is 0 Å². The normalized spacial score (nSPS) is 16.3. The molecule has 8 heteroatoms. The quantitative estimate of drug-likeness (QED) is 0.717. The minimum absolute atomic E-state index is 0.0764. The summed E-state index contributed by atoms with van der Waals surface area (Å²) in [5.41, 5.74) is 5.87. The molecular weight excluding hydrogens is 360 g/mol. The summed E-state index contributed by atoms with van der Waals surface area (Å²) in [4.78, 5) is 11.5. The highest BCUT2D eigenvalue weighted by Gasteiger charge is 2.29. The molecule has 0 spiro atoms. The Labute approximate surface area is 150 Å². The molecule has 3 rings (SSSR count). The fourth-order valence-electron chi connectivity index (χ4n) is 2.17. The zero-order valence-corrected chi connectivity index (χ0v) is 15.0. The van der Waals surface area contributed by atoms with Gasteiger partial charge in [-0.3, -0.25) is 4.79 Å². The van der Waals surface area contributed by atoms with Crippen molar-refractivity contribution in [3.63, 3.8) is 0 Å². The highest BCUT2D eigenvalue weighted by molar-refractivity contribution is 8.08. The number of hydrogen-bond acceptors (Lipinski definition) is 6. The van der Waals surface area contributed by atoms with Crippen molar-refractivity contribution >= 4 is 33.2 Å². The van der Waals surface area contributed by atoms with E-state index in [0.717, 1.165) is 5.75 Å². The van der Waals surface area contributed by atoms with Crippen LogP contribution in [0.2, 0.25) is 0 Å². The number of thioether (sulfide) groups is 1. The molecule has 25 heavy (non-hydrogen) atoms. The first kappa shape index (κ1) is 17.8. The highest BCUT2D eigenvalue weighted by Crippen LogP contribution is 2.33. The number of nitrogens with two attached hydrogens (primary N) is 1. The lowest BCUT2D eigenvalue weighted by atomic mass is 10.3. The molecule has 0 saturated carbocycles. The van der Waals surface area contributed by atoms with Crippen LogP contribution >= 0.6 is 11.8 Å². The van der Waals surface area contributed by atoms with E-state index in [4.69, 9.17) is 10.5 Å². The number of benzene rings is 2. The Morgan fingerprint density at radius 3 is 2.20 bits per heavy atom. The van der Waals surface area contributed by atoms with Crippen molar-refractivity contribution in [3.8, 4) is 11.5 Å². The van der Waals surface area contributed by atoms with Crippen molar-refractivity contribution < 1.29 is 17.9 Å². The van der Waals surface area contributed by atoms with Crippen molar-refractivity contribution in [2.75, 3.05) is 23.4 Å². The number of anilines is 1. The van der Waals surface area contributed by atoms with Crippen molar-refractivity contribution in [3.05, 3.63) is 48.5 Å². The van der Waals surface area contributed by atoms with Crippen LogP contribution < -0.4 is 15.8 Å². The van der Waals surface area contributed by atoms with E-state index in [-0.39, 0.29) is 23.5 Å². The third kappa shape index (κ3) is 4.97. The molecular formula is C17H18N2O4S2. The second-order valence-electron chi connectivity index (χ2n) is 5.59. The molecule has 1 saturated heterocycles. The van der Waals surface area contributed by atoms with Crippen LogP contribution in [0, 0.1) is 0 Å². The molecule has 0 aromatic heterocycles. The first-order valence-corrected chi connectivity index (χ1v) is 10.4. The largest absolute Gasteiger partial charge is 0.457 e. The third-order valence-corrected chi connectivity index (χ3v) is 6.56. The van der Waals surface area contributed by atoms with Crippen LogP contribution in [0.15, 0.2) is 53.4 Å². The van der Waals surface area contributed by atoms with Gasteiger partial charge in [0.05, 0.1) is 17.2 Å². The van der Waals surface area contributed by atoms with E-state index in [0.29, 0.717) is 22.1 Å². The summed E-state index contributed by atoms with van der Waals surface area (Å²) >= 11 is 1.66. The predicted molar refractivity (Wildman–Crippen MR) is 98.9 cm³/mol. The molecule has 1 heterocycles. The molecule has 1 fully saturated rings. The molecule has 0 bridgehead atoms. The summed E-state index contributed by atoms with van der Waals surface area (Å²) in [7, 11) is -3.23. The first-order chi connectivity index (χ1) is 12.0. The topological polar surface area (TPSA) is 98.5 Å². The lowest BCUT2D eigenvalue weighted by Gasteiger charge is -2.09. The van der Waals surface area contributed by atoms with Crippen LogP contribution in [0.1, 0.15) is 0 Å². The zero-order chi connectivity index (χ0) is 17.9. The monoisotopic (exact) mass is 378 g/mol. The SMILES string of the molecule is NCC(=O)Nc1ccc(Oc2ccc(S(=O)(=O)CC3CS3)cc2)cc1. The Hall–Kier alpha value is -2.03. The summed E-state index contributed by atoms with van der Waals surface area (Å²) in [6.07, 6.45) is 0. The number of sulfone groups is 1. The van der Waals surface area contributed by atoms with Gasteiger partial charge in [0, 0.05) is 16.7 Å². The van der Waals surface area contributed by atoms with Crippen molar-refractivity contribution in [2.24, 2.45) is 5.73 Å². The smallest absolute Gasteiger partial charge is 0.238 e. The van der Waals surface area contributed by atoms with Crippen molar-refractivity contribution in [2.45, 2.75) is 10.1 Å². The van der Waals surface area contributed by atoms with Crippen LogP contribution in [0.4, 0.5) is 5.69 Å². The van der Waals surface area contributed by atoms with E-state index in [1.54, 1.807) is 60.3 Å². The maximum atomic E-state index is 12.2. The molecule has 2 aromatic carbocycles. The summed E-state index contributed by atoms with van der Waals surface area (Å²) < 4.78 is 30.1. The minimum atomic E-state index is -3.23. The molecule has 1 aliphatic heterocycles. The van der Waals surface area contributed by atoms with Crippen molar-refractivity contribution in [1.29, 1.82) is 0 Å². The summed E-state index contributed by atoms with van der Waals surface area (Å²) in [5.74, 6) is 1.96. The highest BCUT2D eigenvalue weighted by atomic mass is 32.2. The van der Waals surface area contributed by atoms with Gasteiger partial charge >= 0.3 is 0 Å². The fourth-order valence-corrected chi connectivity index (χ4v) is 4.85. The molecule has 6 nitrogen and oxygen atoms in total. The minimum Gasteiger partial charge on any atom is -0.457 e. The number of ether oxygens (including phenoxy) is 1. The first-order valence-electron chi connectivity index (χ1n) is 7.68. The van der Waals surface area contributed by atoms with E-state index >= 15 is 0 Å². The number of carbonyl (C=O) groups is 1. The van der Waals surface area contributed by atoms with Crippen LogP contribution in [-0.4, -0.2) is 37.6 Å². The van der Waals surface area contributed by atoms with Gasteiger partial charge in [-0.05, 0) is 48.5 Å². The van der Waals surface area contributed by atoms with E-state index in [1.807, 2.05) is 0 Å². The standard InChI is InChI=1S/C17H18N2O4S2/c18-9-17(20)19-12-1-3-13(4-2-12)23-14-5-7-16(8-6-14)25(21,22)11-15-10-24-15/h1-8,15H,9-11,18H2,(H,19,20). The maximum Gasteiger partial charge on any atom is 0.238 e. The van der Waals surface area contributed by atoms with E-state index < -0.39 is 9.84 Å². The van der Waals surface area contributed by atoms with Gasteiger partial charge in [0.15, 0.2) is 9.84 Å². The van der Waals surface area contributed by atoms with Crippen LogP contribution in [0.25, 0.3) is 0 Å². The molecule has 0 radical (unpaired) electrons. The Balaban J connectivity index is 1.64. The zero-order valence-electron chi connectivity index (χ0n) is 13.3.